The minimum atomic E-state index is -3.66. The number of benzene rings is 2. The Labute approximate surface area is 151 Å². The number of aryl methyl sites for hydroxylation is 2. The van der Waals surface area contributed by atoms with Crippen LogP contribution in [0.3, 0.4) is 0 Å². The maximum absolute atomic E-state index is 12.6. The number of nitrogens with one attached hydrogen (secondary N) is 2. The molecule has 26 heavy (non-hydrogen) atoms. The minimum absolute atomic E-state index is 0.0905. The van der Waals surface area contributed by atoms with Crippen LogP contribution < -0.4 is 10.0 Å². The lowest BCUT2D eigenvalue weighted by Gasteiger charge is -2.12. The molecule has 0 aliphatic heterocycles. The maximum atomic E-state index is 12.6. The summed E-state index contributed by atoms with van der Waals surface area (Å²) in [6.07, 6.45) is 0. The number of carbonyl (C=O) groups excluding carboxylic acids is 1. The van der Waals surface area contributed by atoms with Gasteiger partial charge in [0.25, 0.3) is 5.91 Å². The molecule has 2 aromatic carbocycles. The van der Waals surface area contributed by atoms with Crippen molar-refractivity contribution in [2.45, 2.75) is 25.7 Å². The van der Waals surface area contributed by atoms with Crippen LogP contribution in [0.25, 0.3) is 11.1 Å². The summed E-state index contributed by atoms with van der Waals surface area (Å²) in [7, 11) is -2.32. The summed E-state index contributed by atoms with van der Waals surface area (Å²) in [5, 5.41) is 2.77. The molecule has 0 unspecified atom stereocenters. The predicted octanol–water partition coefficient (Wildman–Crippen LogP) is 2.91. The molecule has 136 valence electrons. The summed E-state index contributed by atoms with van der Waals surface area (Å²) in [6.45, 7) is 5.23. The van der Waals surface area contributed by atoms with Crippen molar-refractivity contribution in [3.63, 3.8) is 0 Å². The van der Waals surface area contributed by atoms with Crippen LogP contribution >= 0.6 is 0 Å². The van der Waals surface area contributed by atoms with Crippen molar-refractivity contribution in [1.29, 1.82) is 0 Å². The number of hydrogen-bond acceptors (Lipinski definition) is 5. The first-order valence-corrected chi connectivity index (χ1v) is 9.43. The van der Waals surface area contributed by atoms with Crippen LogP contribution in [-0.2, 0) is 10.0 Å². The lowest BCUT2D eigenvalue weighted by atomic mass is 10.1. The fourth-order valence-corrected chi connectivity index (χ4v) is 3.74. The fraction of sp³-hybridized carbons (Fsp3) is 0.222. The first kappa shape index (κ1) is 18.1. The first-order chi connectivity index (χ1) is 12.2. The summed E-state index contributed by atoms with van der Waals surface area (Å²) in [5.41, 5.74) is 3.41. The minimum Gasteiger partial charge on any atom is -0.441 e. The smallest absolute Gasteiger partial charge is 0.255 e. The third-order valence-corrected chi connectivity index (χ3v) is 5.73. The normalized spacial score (nSPS) is 11.7. The van der Waals surface area contributed by atoms with Crippen LogP contribution in [-0.4, -0.2) is 26.4 Å². The topological polar surface area (TPSA) is 101 Å². The van der Waals surface area contributed by atoms with Gasteiger partial charge in [-0.2, -0.15) is 0 Å². The van der Waals surface area contributed by atoms with Crippen LogP contribution in [0.2, 0.25) is 0 Å². The molecule has 0 bridgehead atoms. The molecular formula is C18H19N3O4S. The van der Waals surface area contributed by atoms with E-state index in [1.54, 1.807) is 45.0 Å². The van der Waals surface area contributed by atoms with Crippen molar-refractivity contribution >= 4 is 32.7 Å². The highest BCUT2D eigenvalue weighted by molar-refractivity contribution is 7.89. The van der Waals surface area contributed by atoms with Gasteiger partial charge < -0.3 is 9.73 Å². The van der Waals surface area contributed by atoms with Gasteiger partial charge in [0.2, 0.25) is 10.0 Å². The van der Waals surface area contributed by atoms with Crippen molar-refractivity contribution in [3.05, 3.63) is 52.9 Å². The van der Waals surface area contributed by atoms with Crippen molar-refractivity contribution in [3.8, 4) is 0 Å². The predicted molar refractivity (Wildman–Crippen MR) is 98.9 cm³/mol. The van der Waals surface area contributed by atoms with E-state index in [4.69, 9.17) is 4.42 Å². The highest BCUT2D eigenvalue weighted by atomic mass is 32.2. The molecule has 0 spiro atoms. The molecule has 7 nitrogen and oxygen atoms in total. The molecule has 8 heteroatoms. The van der Waals surface area contributed by atoms with Gasteiger partial charge >= 0.3 is 0 Å². The number of oxazole rings is 1. The second kappa shape index (κ2) is 6.54. The zero-order chi connectivity index (χ0) is 19.1. The Morgan fingerprint density at radius 3 is 2.54 bits per heavy atom. The molecule has 0 aliphatic carbocycles. The number of amides is 1. The zero-order valence-electron chi connectivity index (χ0n) is 14.9. The number of rotatable bonds is 4. The second-order valence-electron chi connectivity index (χ2n) is 5.99. The van der Waals surface area contributed by atoms with Gasteiger partial charge in [-0.15, -0.1) is 0 Å². The molecule has 1 aromatic heterocycles. The van der Waals surface area contributed by atoms with E-state index >= 15 is 0 Å². The summed E-state index contributed by atoms with van der Waals surface area (Å²) in [6, 6.07) is 8.18. The van der Waals surface area contributed by atoms with Gasteiger partial charge in [0.1, 0.15) is 5.52 Å². The SMILES string of the molecule is CNS(=O)(=O)c1cc(C(=O)Nc2ccc3oc(C)nc3c2)cc(C)c1C. The van der Waals surface area contributed by atoms with Crippen LogP contribution in [0.4, 0.5) is 5.69 Å². The third kappa shape index (κ3) is 3.33. The molecule has 1 amide bonds. The molecule has 0 atom stereocenters. The van der Waals surface area contributed by atoms with Crippen LogP contribution in [0.1, 0.15) is 27.4 Å². The van der Waals surface area contributed by atoms with E-state index in [9.17, 15) is 13.2 Å². The standard InChI is InChI=1S/C18H19N3O4S/c1-10-7-13(8-17(11(10)2)26(23,24)19-4)18(22)21-14-5-6-16-15(9-14)20-12(3)25-16/h5-9,19H,1-4H3,(H,21,22). The van der Waals surface area contributed by atoms with Gasteiger partial charge in [-0.05, 0) is 62.4 Å². The Hall–Kier alpha value is -2.71. The van der Waals surface area contributed by atoms with Gasteiger partial charge in [0, 0.05) is 18.2 Å². The van der Waals surface area contributed by atoms with Gasteiger partial charge in [-0.3, -0.25) is 4.79 Å². The van der Waals surface area contributed by atoms with E-state index in [1.165, 1.54) is 13.1 Å². The van der Waals surface area contributed by atoms with Crippen LogP contribution in [0, 0.1) is 20.8 Å². The number of anilines is 1. The summed E-state index contributed by atoms with van der Waals surface area (Å²) in [4.78, 5) is 16.9. The second-order valence-corrected chi connectivity index (χ2v) is 7.85. The number of fused-ring (bicyclic) bond motifs is 1. The number of sulfonamides is 1. The Balaban J connectivity index is 1.96. The average Bonchev–Trinajstić information content (AvgIpc) is 2.96. The molecule has 3 rings (SSSR count). The fourth-order valence-electron chi connectivity index (χ4n) is 2.67. The van der Waals surface area contributed by atoms with Crippen molar-refractivity contribution in [2.75, 3.05) is 12.4 Å². The Morgan fingerprint density at radius 2 is 1.85 bits per heavy atom. The van der Waals surface area contributed by atoms with Crippen LogP contribution in [0.15, 0.2) is 39.6 Å². The number of nitrogens with zero attached hydrogens (tertiary/aromatic N) is 1. The highest BCUT2D eigenvalue weighted by Gasteiger charge is 2.19. The summed E-state index contributed by atoms with van der Waals surface area (Å²) >= 11 is 0. The van der Waals surface area contributed by atoms with Gasteiger partial charge in [-0.1, -0.05) is 0 Å². The highest BCUT2D eigenvalue weighted by Crippen LogP contribution is 2.23. The van der Waals surface area contributed by atoms with Crippen LogP contribution in [0.5, 0.6) is 0 Å². The van der Waals surface area contributed by atoms with E-state index in [0.717, 1.165) is 0 Å². The number of carbonyl (C=O) groups is 1. The molecule has 1 heterocycles. The quantitative estimate of drug-likeness (QED) is 0.732. The maximum Gasteiger partial charge on any atom is 0.255 e. The Bertz CT molecular complexity index is 1120. The average molecular weight is 373 g/mol. The zero-order valence-corrected chi connectivity index (χ0v) is 15.7. The largest absolute Gasteiger partial charge is 0.441 e. The van der Waals surface area contributed by atoms with Crippen molar-refractivity contribution < 1.29 is 17.6 Å². The Kier molecular flexibility index (Phi) is 4.55. The first-order valence-electron chi connectivity index (χ1n) is 7.94. The molecule has 0 saturated heterocycles. The lowest BCUT2D eigenvalue weighted by Crippen LogP contribution is -2.21. The third-order valence-electron chi connectivity index (χ3n) is 4.19. The van der Waals surface area contributed by atoms with Gasteiger partial charge in [0.15, 0.2) is 11.5 Å². The molecule has 0 radical (unpaired) electrons. The van der Waals surface area contributed by atoms with Gasteiger partial charge in [0.05, 0.1) is 4.90 Å². The van der Waals surface area contributed by atoms with E-state index in [-0.39, 0.29) is 10.5 Å². The Morgan fingerprint density at radius 1 is 1.12 bits per heavy atom. The summed E-state index contributed by atoms with van der Waals surface area (Å²) in [5.74, 6) is 0.139. The molecule has 3 aromatic rings. The van der Waals surface area contributed by atoms with Crippen molar-refractivity contribution in [1.82, 2.24) is 9.71 Å². The molecule has 2 N–H and O–H groups in total. The van der Waals surface area contributed by atoms with Gasteiger partial charge in [-0.25, -0.2) is 18.1 Å². The van der Waals surface area contributed by atoms with E-state index < -0.39 is 15.9 Å². The molecular weight excluding hydrogens is 354 g/mol. The number of aromatic nitrogens is 1. The lowest BCUT2D eigenvalue weighted by molar-refractivity contribution is 0.102. The van der Waals surface area contributed by atoms with E-state index in [2.05, 4.69) is 15.0 Å². The van der Waals surface area contributed by atoms with Crippen molar-refractivity contribution in [2.24, 2.45) is 0 Å². The van der Waals surface area contributed by atoms with E-state index in [1.807, 2.05) is 0 Å². The number of hydrogen-bond donors (Lipinski definition) is 2. The monoisotopic (exact) mass is 373 g/mol. The molecule has 0 aliphatic rings. The molecule has 0 saturated carbocycles. The molecule has 0 fully saturated rings. The summed E-state index contributed by atoms with van der Waals surface area (Å²) < 4.78 is 32.1. The van der Waals surface area contributed by atoms with E-state index in [0.29, 0.717) is 33.8 Å².